The number of benzene rings is 3. The fourth-order valence-electron chi connectivity index (χ4n) is 3.34. The minimum absolute atomic E-state index is 0.0486. The third kappa shape index (κ3) is 3.77. The fraction of sp³-hybridized carbons (Fsp3) is 0.0417. The van der Waals surface area contributed by atoms with Crippen LogP contribution in [0.1, 0.15) is 53.9 Å². The summed E-state index contributed by atoms with van der Waals surface area (Å²) >= 11 is 0. The van der Waals surface area contributed by atoms with Crippen LogP contribution in [0.25, 0.3) is 0 Å². The number of carboxylic acids is 1. The molecule has 0 bridgehead atoms. The summed E-state index contributed by atoms with van der Waals surface area (Å²) in [6.07, 6.45) is 0. The van der Waals surface area contributed by atoms with Gasteiger partial charge in [-0.25, -0.2) is 4.79 Å². The Kier molecular flexibility index (Phi) is 5.34. The third-order valence-electron chi connectivity index (χ3n) is 4.99. The molecular weight excluding hydrogens is 410 g/mol. The van der Waals surface area contributed by atoms with Gasteiger partial charge >= 0.3 is 5.97 Å². The molecule has 32 heavy (non-hydrogen) atoms. The number of hydrazone groups is 1. The molecule has 3 aromatic rings. The van der Waals surface area contributed by atoms with Crippen molar-refractivity contribution in [2.75, 3.05) is 5.32 Å². The normalized spacial score (nSPS) is 13.2. The monoisotopic (exact) mass is 427 g/mol. The first-order valence-corrected chi connectivity index (χ1v) is 9.64. The second kappa shape index (κ2) is 8.27. The maximum Gasteiger partial charge on any atom is 0.336 e. The number of amides is 3. The van der Waals surface area contributed by atoms with Crippen molar-refractivity contribution in [3.63, 3.8) is 0 Å². The van der Waals surface area contributed by atoms with Gasteiger partial charge in [-0.15, -0.1) is 0 Å². The van der Waals surface area contributed by atoms with E-state index in [1.165, 1.54) is 12.1 Å². The molecule has 1 aliphatic rings. The largest absolute Gasteiger partial charge is 0.478 e. The van der Waals surface area contributed by atoms with E-state index in [9.17, 15) is 24.3 Å². The lowest BCUT2D eigenvalue weighted by Crippen LogP contribution is -2.25. The predicted molar refractivity (Wildman–Crippen MR) is 117 cm³/mol. The first-order chi connectivity index (χ1) is 15.4. The number of carbonyl (C=O) groups is 4. The summed E-state index contributed by atoms with van der Waals surface area (Å²) in [4.78, 5) is 48.7. The number of aromatic carboxylic acids is 1. The van der Waals surface area contributed by atoms with Gasteiger partial charge in [-0.3, -0.25) is 14.4 Å². The Hall–Kier alpha value is -4.59. The van der Waals surface area contributed by atoms with Crippen molar-refractivity contribution in [2.24, 2.45) is 5.10 Å². The van der Waals surface area contributed by atoms with Crippen LogP contribution in [0.15, 0.2) is 77.9 Å². The molecule has 0 fully saturated rings. The van der Waals surface area contributed by atoms with Crippen LogP contribution in [0, 0.1) is 0 Å². The average Bonchev–Trinajstić information content (AvgIpc) is 3.04. The van der Waals surface area contributed by atoms with Crippen LogP contribution in [-0.4, -0.2) is 39.5 Å². The highest BCUT2D eigenvalue weighted by molar-refractivity contribution is 6.21. The first-order valence-electron chi connectivity index (χ1n) is 9.64. The van der Waals surface area contributed by atoms with E-state index in [2.05, 4.69) is 10.4 Å². The molecule has 158 valence electrons. The summed E-state index contributed by atoms with van der Waals surface area (Å²) in [5.41, 5.74) is 2.12. The van der Waals surface area contributed by atoms with Gasteiger partial charge in [0.05, 0.1) is 28.0 Å². The molecule has 0 saturated carbocycles. The van der Waals surface area contributed by atoms with Gasteiger partial charge in [0.25, 0.3) is 17.7 Å². The second-order valence-corrected chi connectivity index (χ2v) is 7.04. The molecule has 3 aromatic carbocycles. The Morgan fingerprint density at radius 3 is 1.91 bits per heavy atom. The van der Waals surface area contributed by atoms with Crippen molar-refractivity contribution in [2.45, 2.75) is 6.92 Å². The van der Waals surface area contributed by atoms with Crippen LogP contribution in [0.5, 0.6) is 0 Å². The molecule has 0 saturated heterocycles. The zero-order valence-corrected chi connectivity index (χ0v) is 16.9. The Labute approximate surface area is 182 Å². The highest BCUT2D eigenvalue weighted by atomic mass is 16.4. The van der Waals surface area contributed by atoms with Crippen LogP contribution >= 0.6 is 0 Å². The van der Waals surface area contributed by atoms with Crippen LogP contribution in [-0.2, 0) is 0 Å². The van der Waals surface area contributed by atoms with Gasteiger partial charge in [-0.05, 0) is 48.9 Å². The molecule has 2 N–H and O–H groups in total. The number of nitrogens with zero attached hydrogens (tertiary/aromatic N) is 2. The number of imide groups is 1. The lowest BCUT2D eigenvalue weighted by molar-refractivity contribution is 0.0655. The Morgan fingerprint density at radius 1 is 0.812 bits per heavy atom. The van der Waals surface area contributed by atoms with Crippen LogP contribution < -0.4 is 5.32 Å². The minimum atomic E-state index is -1.19. The summed E-state index contributed by atoms with van der Waals surface area (Å²) in [6, 6.07) is 19.1. The molecule has 8 nitrogen and oxygen atoms in total. The number of carboxylic acid groups (broad SMARTS) is 1. The van der Waals surface area contributed by atoms with Gasteiger partial charge in [0.1, 0.15) is 0 Å². The van der Waals surface area contributed by atoms with Crippen molar-refractivity contribution in [1.82, 2.24) is 5.01 Å². The molecule has 0 unspecified atom stereocenters. The number of anilines is 1. The lowest BCUT2D eigenvalue weighted by atomic mass is 10.1. The quantitative estimate of drug-likeness (QED) is 0.476. The van der Waals surface area contributed by atoms with Gasteiger partial charge < -0.3 is 10.4 Å². The smallest absolute Gasteiger partial charge is 0.336 e. The number of rotatable bonds is 5. The van der Waals surface area contributed by atoms with Crippen molar-refractivity contribution in [3.05, 3.63) is 101 Å². The van der Waals surface area contributed by atoms with Crippen LogP contribution in [0.2, 0.25) is 0 Å². The zero-order valence-electron chi connectivity index (χ0n) is 16.9. The van der Waals surface area contributed by atoms with Crippen molar-refractivity contribution in [3.8, 4) is 0 Å². The van der Waals surface area contributed by atoms with E-state index in [-0.39, 0.29) is 11.1 Å². The average molecular weight is 427 g/mol. The number of carbonyl (C=O) groups excluding carboxylic acids is 3. The van der Waals surface area contributed by atoms with E-state index in [1.807, 2.05) is 0 Å². The Morgan fingerprint density at radius 2 is 1.34 bits per heavy atom. The molecule has 0 aliphatic carbocycles. The molecule has 0 atom stereocenters. The van der Waals surface area contributed by atoms with Crippen molar-refractivity contribution >= 4 is 35.1 Å². The summed E-state index contributed by atoms with van der Waals surface area (Å²) < 4.78 is 0. The highest BCUT2D eigenvalue weighted by Gasteiger charge is 2.35. The predicted octanol–water partition coefficient (Wildman–Crippen LogP) is 3.66. The molecule has 0 radical (unpaired) electrons. The number of hydrogen-bond acceptors (Lipinski definition) is 5. The molecule has 4 rings (SSSR count). The van der Waals surface area contributed by atoms with Gasteiger partial charge in [0.15, 0.2) is 0 Å². The van der Waals surface area contributed by atoms with Crippen LogP contribution in [0.4, 0.5) is 5.69 Å². The summed E-state index contributed by atoms with van der Waals surface area (Å²) in [6.45, 7) is 1.67. The SMILES string of the molecule is C/C(=N\N1C(=O)c2ccccc2C1=O)c1ccc(NC(=O)c2ccccc2C(=O)O)cc1. The van der Waals surface area contributed by atoms with E-state index >= 15 is 0 Å². The molecule has 1 aliphatic heterocycles. The van der Waals surface area contributed by atoms with Crippen LogP contribution in [0.3, 0.4) is 0 Å². The highest BCUT2D eigenvalue weighted by Crippen LogP contribution is 2.23. The van der Waals surface area contributed by atoms with E-state index in [4.69, 9.17) is 0 Å². The summed E-state index contributed by atoms with van der Waals surface area (Å²) in [5, 5.41) is 16.9. The minimum Gasteiger partial charge on any atom is -0.478 e. The summed E-state index contributed by atoms with van der Waals surface area (Å²) in [5.74, 6) is -2.70. The number of fused-ring (bicyclic) bond motifs is 1. The van der Waals surface area contributed by atoms with Gasteiger partial charge in [0, 0.05) is 5.69 Å². The third-order valence-corrected chi connectivity index (χ3v) is 4.99. The van der Waals surface area contributed by atoms with E-state index in [1.54, 1.807) is 67.6 Å². The molecular formula is C24H17N3O5. The molecule has 8 heteroatoms. The standard InChI is InChI=1S/C24H17N3O5/c1-14(26-27-22(29)18-7-3-4-8-19(18)23(27)30)15-10-12-16(13-11-15)25-21(28)17-6-2-5-9-20(17)24(31)32/h2-13H,1H3,(H,25,28)(H,31,32)/b26-14+. The Bertz CT molecular complexity index is 1260. The topological polar surface area (TPSA) is 116 Å². The van der Waals surface area contributed by atoms with E-state index in [0.717, 1.165) is 5.01 Å². The summed E-state index contributed by atoms with van der Waals surface area (Å²) in [7, 11) is 0. The van der Waals surface area contributed by atoms with Crippen molar-refractivity contribution in [1.29, 1.82) is 0 Å². The zero-order chi connectivity index (χ0) is 22.8. The number of nitrogens with one attached hydrogen (secondary N) is 1. The lowest BCUT2D eigenvalue weighted by Gasteiger charge is -2.10. The van der Waals surface area contributed by atoms with E-state index < -0.39 is 23.7 Å². The van der Waals surface area contributed by atoms with Gasteiger partial charge in [-0.2, -0.15) is 10.1 Å². The Balaban J connectivity index is 1.51. The van der Waals surface area contributed by atoms with Gasteiger partial charge in [-0.1, -0.05) is 36.4 Å². The second-order valence-electron chi connectivity index (χ2n) is 7.04. The molecule has 0 spiro atoms. The van der Waals surface area contributed by atoms with E-state index in [0.29, 0.717) is 28.1 Å². The van der Waals surface area contributed by atoms with Gasteiger partial charge in [0.2, 0.25) is 0 Å². The van der Waals surface area contributed by atoms with Crippen molar-refractivity contribution < 1.29 is 24.3 Å². The fourth-order valence-corrected chi connectivity index (χ4v) is 3.34. The molecule has 0 aromatic heterocycles. The molecule has 1 heterocycles. The maximum absolute atomic E-state index is 12.5. The maximum atomic E-state index is 12.5. The molecule has 3 amide bonds. The number of hydrogen-bond donors (Lipinski definition) is 2. The first kappa shape index (κ1) is 20.7.